The quantitative estimate of drug-likeness (QED) is 0.384. The van der Waals surface area contributed by atoms with E-state index in [2.05, 4.69) is 0 Å². The van der Waals surface area contributed by atoms with Crippen molar-refractivity contribution < 1.29 is 19.9 Å². The number of hydrogen-bond acceptors (Lipinski definition) is 6. The van der Waals surface area contributed by atoms with E-state index in [0.29, 0.717) is 0 Å². The highest BCUT2D eigenvalue weighted by Gasteiger charge is 2.51. The number of carbonyl (C=O) groups excluding carboxylic acids is 1. The van der Waals surface area contributed by atoms with Crippen molar-refractivity contribution in [3.05, 3.63) is 75.8 Å². The number of halogens is 1. The standard InChI is InChI=1S/C18H20N2O5.ClH/c1-2-18(23,13-8-10-14(21)11-9-13)17(20(24)25)15(19)16(22)12-6-4-3-5-7-12;/h3-11,15,17,21,23H,2,19H2,1H3;1H. The average molecular weight is 381 g/mol. The van der Waals surface area contributed by atoms with Crippen LogP contribution < -0.4 is 5.73 Å². The number of hydrogen-bond donors (Lipinski definition) is 3. The fourth-order valence-electron chi connectivity index (χ4n) is 2.87. The van der Waals surface area contributed by atoms with Gasteiger partial charge in [0.15, 0.2) is 11.4 Å². The fraction of sp³-hybridized carbons (Fsp3) is 0.278. The lowest BCUT2D eigenvalue weighted by atomic mass is 9.79. The summed E-state index contributed by atoms with van der Waals surface area (Å²) in [5.41, 5.74) is 4.42. The highest BCUT2D eigenvalue weighted by molar-refractivity contribution is 6.00. The predicted molar refractivity (Wildman–Crippen MR) is 99.1 cm³/mol. The smallest absolute Gasteiger partial charge is 0.267 e. The molecule has 0 aliphatic heterocycles. The zero-order chi connectivity index (χ0) is 18.6. The number of phenolic OH excluding ortho intramolecular Hbond substituents is 1. The van der Waals surface area contributed by atoms with Gasteiger partial charge in [-0.15, -0.1) is 12.4 Å². The molecular formula is C18H21ClN2O5. The zero-order valence-electron chi connectivity index (χ0n) is 14.1. The van der Waals surface area contributed by atoms with Crippen LogP contribution in [0.1, 0.15) is 29.3 Å². The predicted octanol–water partition coefficient (Wildman–Crippen LogP) is 2.27. The molecule has 7 nitrogen and oxygen atoms in total. The van der Waals surface area contributed by atoms with Crippen LogP contribution in [0.3, 0.4) is 0 Å². The molecule has 140 valence electrons. The number of rotatable bonds is 7. The summed E-state index contributed by atoms with van der Waals surface area (Å²) in [6.45, 7) is 1.57. The summed E-state index contributed by atoms with van der Waals surface area (Å²) in [6, 6.07) is 10.1. The fourth-order valence-corrected chi connectivity index (χ4v) is 2.87. The van der Waals surface area contributed by atoms with E-state index < -0.39 is 28.4 Å². The number of ketones is 1. The molecule has 0 aromatic heterocycles. The summed E-state index contributed by atoms with van der Waals surface area (Å²) >= 11 is 0. The van der Waals surface area contributed by atoms with Gasteiger partial charge >= 0.3 is 0 Å². The Labute approximate surface area is 157 Å². The van der Waals surface area contributed by atoms with Crippen LogP contribution in [0.5, 0.6) is 5.75 Å². The van der Waals surface area contributed by atoms with Gasteiger partial charge in [-0.2, -0.15) is 0 Å². The van der Waals surface area contributed by atoms with Crippen molar-refractivity contribution in [3.8, 4) is 5.75 Å². The van der Waals surface area contributed by atoms with E-state index in [4.69, 9.17) is 5.73 Å². The molecule has 4 N–H and O–H groups in total. The lowest BCUT2D eigenvalue weighted by Gasteiger charge is -2.32. The van der Waals surface area contributed by atoms with Crippen molar-refractivity contribution in [3.63, 3.8) is 0 Å². The highest BCUT2D eigenvalue weighted by Crippen LogP contribution is 2.33. The van der Waals surface area contributed by atoms with Crippen LogP contribution in [-0.4, -0.2) is 33.0 Å². The van der Waals surface area contributed by atoms with Gasteiger partial charge < -0.3 is 15.9 Å². The summed E-state index contributed by atoms with van der Waals surface area (Å²) in [5, 5.41) is 32.1. The number of aromatic hydroxyl groups is 1. The second-order valence-corrected chi connectivity index (χ2v) is 5.81. The normalized spacial score (nSPS) is 15.2. The maximum absolute atomic E-state index is 12.6. The summed E-state index contributed by atoms with van der Waals surface area (Å²) in [5.74, 6) is -0.655. The third kappa shape index (κ3) is 4.19. The van der Waals surface area contributed by atoms with E-state index in [9.17, 15) is 25.1 Å². The van der Waals surface area contributed by atoms with Gasteiger partial charge in [0.05, 0.1) is 0 Å². The number of phenols is 1. The topological polar surface area (TPSA) is 127 Å². The lowest BCUT2D eigenvalue weighted by Crippen LogP contribution is -2.57. The molecule has 0 bridgehead atoms. The first-order valence-corrected chi connectivity index (χ1v) is 7.81. The first-order chi connectivity index (χ1) is 11.8. The third-order valence-corrected chi connectivity index (χ3v) is 4.32. The number of Topliss-reactive ketones (excluding diaryl/α,β-unsaturated/α-hetero) is 1. The Bertz CT molecular complexity index is 754. The van der Waals surface area contributed by atoms with Crippen molar-refractivity contribution in [2.45, 2.75) is 31.0 Å². The van der Waals surface area contributed by atoms with Gasteiger partial charge in [-0.3, -0.25) is 14.9 Å². The molecule has 0 aliphatic rings. The molecular weight excluding hydrogens is 360 g/mol. The Morgan fingerprint density at radius 1 is 1.19 bits per heavy atom. The maximum atomic E-state index is 12.6. The Hall–Kier alpha value is -2.48. The molecule has 3 unspecified atom stereocenters. The van der Waals surface area contributed by atoms with Crippen LogP contribution in [0, 0.1) is 10.1 Å². The Balaban J connectivity index is 0.00000338. The van der Waals surface area contributed by atoms with Crippen molar-refractivity contribution in [2.24, 2.45) is 5.73 Å². The van der Waals surface area contributed by atoms with Gasteiger partial charge in [0.25, 0.3) is 6.04 Å². The van der Waals surface area contributed by atoms with Crippen LogP contribution in [0.2, 0.25) is 0 Å². The van der Waals surface area contributed by atoms with Crippen LogP contribution in [0.25, 0.3) is 0 Å². The molecule has 0 amide bonds. The summed E-state index contributed by atoms with van der Waals surface area (Å²) in [4.78, 5) is 23.5. The lowest BCUT2D eigenvalue weighted by molar-refractivity contribution is -0.549. The van der Waals surface area contributed by atoms with Crippen LogP contribution in [0.15, 0.2) is 54.6 Å². The number of nitrogens with zero attached hydrogens (tertiary/aromatic N) is 1. The van der Waals surface area contributed by atoms with E-state index in [1.165, 1.54) is 36.4 Å². The minimum absolute atomic E-state index is 0. The largest absolute Gasteiger partial charge is 0.508 e. The molecule has 2 aromatic rings. The highest BCUT2D eigenvalue weighted by atomic mass is 35.5. The first-order valence-electron chi connectivity index (χ1n) is 7.81. The Morgan fingerprint density at radius 2 is 1.73 bits per heavy atom. The molecule has 2 aromatic carbocycles. The molecule has 0 saturated carbocycles. The second-order valence-electron chi connectivity index (χ2n) is 5.81. The van der Waals surface area contributed by atoms with Gasteiger partial charge in [-0.05, 0) is 24.1 Å². The molecule has 0 heterocycles. The maximum Gasteiger partial charge on any atom is 0.267 e. The Kier molecular flexibility index (Phi) is 7.26. The minimum atomic E-state index is -1.96. The van der Waals surface area contributed by atoms with Crippen LogP contribution >= 0.6 is 12.4 Å². The zero-order valence-corrected chi connectivity index (χ0v) is 14.9. The van der Waals surface area contributed by atoms with E-state index in [1.807, 2.05) is 0 Å². The summed E-state index contributed by atoms with van der Waals surface area (Å²) in [7, 11) is 0. The van der Waals surface area contributed by atoms with E-state index in [-0.39, 0.29) is 35.7 Å². The third-order valence-electron chi connectivity index (χ3n) is 4.32. The van der Waals surface area contributed by atoms with Gasteiger partial charge in [-0.1, -0.05) is 49.4 Å². The monoisotopic (exact) mass is 380 g/mol. The van der Waals surface area contributed by atoms with Crippen LogP contribution in [0.4, 0.5) is 0 Å². The molecule has 2 rings (SSSR count). The molecule has 8 heteroatoms. The van der Waals surface area contributed by atoms with Crippen molar-refractivity contribution in [2.75, 3.05) is 0 Å². The molecule has 0 saturated heterocycles. The number of benzene rings is 2. The molecule has 3 atom stereocenters. The van der Waals surface area contributed by atoms with Gasteiger partial charge in [0, 0.05) is 10.5 Å². The van der Waals surface area contributed by atoms with Gasteiger partial charge in [0.1, 0.15) is 11.8 Å². The average Bonchev–Trinajstić information content (AvgIpc) is 2.61. The SMILES string of the molecule is CCC(O)(c1ccc(O)cc1)C(C(N)C(=O)c1ccccc1)[N+](=O)[O-].Cl. The summed E-state index contributed by atoms with van der Waals surface area (Å²) in [6.07, 6.45) is -0.0286. The number of aliphatic hydroxyl groups is 1. The van der Waals surface area contributed by atoms with Crippen molar-refractivity contribution in [1.29, 1.82) is 0 Å². The molecule has 0 radical (unpaired) electrons. The van der Waals surface area contributed by atoms with Crippen molar-refractivity contribution in [1.82, 2.24) is 0 Å². The molecule has 0 fully saturated rings. The molecule has 0 aliphatic carbocycles. The van der Waals surface area contributed by atoms with Gasteiger partial charge in [0.2, 0.25) is 0 Å². The summed E-state index contributed by atoms with van der Waals surface area (Å²) < 4.78 is 0. The first kappa shape index (κ1) is 21.6. The van der Waals surface area contributed by atoms with Crippen LogP contribution in [-0.2, 0) is 5.60 Å². The van der Waals surface area contributed by atoms with Gasteiger partial charge in [-0.25, -0.2) is 0 Å². The van der Waals surface area contributed by atoms with E-state index >= 15 is 0 Å². The van der Waals surface area contributed by atoms with E-state index in [0.717, 1.165) is 0 Å². The van der Waals surface area contributed by atoms with Crippen molar-refractivity contribution >= 4 is 18.2 Å². The number of nitrogens with two attached hydrogens (primary N) is 1. The van der Waals surface area contributed by atoms with E-state index in [1.54, 1.807) is 25.1 Å². The minimum Gasteiger partial charge on any atom is -0.508 e. The second kappa shape index (κ2) is 8.75. The number of carbonyl (C=O) groups is 1. The number of nitro groups is 1. The Morgan fingerprint density at radius 3 is 2.19 bits per heavy atom. The molecule has 26 heavy (non-hydrogen) atoms. The molecule has 0 spiro atoms.